The summed E-state index contributed by atoms with van der Waals surface area (Å²) < 4.78 is 27.0. The fraction of sp³-hybridized carbons (Fsp3) is 0.308. The Morgan fingerprint density at radius 3 is 2.76 bits per heavy atom. The molecular formula is C13H14F2N4OS. The number of hydrogen-bond donors (Lipinski definition) is 2. The van der Waals surface area contributed by atoms with Gasteiger partial charge in [-0.05, 0) is 25.5 Å². The summed E-state index contributed by atoms with van der Waals surface area (Å²) in [5, 5.41) is 9.74. The molecule has 0 aliphatic rings. The van der Waals surface area contributed by atoms with E-state index in [2.05, 4.69) is 20.5 Å². The highest BCUT2D eigenvalue weighted by Gasteiger charge is 2.16. The minimum atomic E-state index is -1.12. The molecule has 8 heteroatoms. The van der Waals surface area contributed by atoms with E-state index in [4.69, 9.17) is 0 Å². The van der Waals surface area contributed by atoms with Gasteiger partial charge >= 0.3 is 0 Å². The normalized spacial score (nSPS) is 10.7. The van der Waals surface area contributed by atoms with Gasteiger partial charge < -0.3 is 5.32 Å². The number of carbonyl (C=O) groups is 1. The van der Waals surface area contributed by atoms with Crippen molar-refractivity contribution in [1.82, 2.24) is 20.5 Å². The highest BCUT2D eigenvalue weighted by Crippen LogP contribution is 2.15. The van der Waals surface area contributed by atoms with E-state index in [9.17, 15) is 13.6 Å². The first-order valence-corrected chi connectivity index (χ1v) is 7.22. The maximum absolute atomic E-state index is 13.6. The summed E-state index contributed by atoms with van der Waals surface area (Å²) in [4.78, 5) is 15.9. The molecule has 2 rings (SSSR count). The van der Waals surface area contributed by atoms with E-state index in [-0.39, 0.29) is 11.1 Å². The summed E-state index contributed by atoms with van der Waals surface area (Å²) in [5.41, 5.74) is -0.128. The van der Waals surface area contributed by atoms with Crippen LogP contribution in [-0.4, -0.2) is 33.4 Å². The van der Waals surface area contributed by atoms with Crippen molar-refractivity contribution in [2.45, 2.75) is 19.0 Å². The maximum atomic E-state index is 13.6. The number of thioether (sulfide) groups is 1. The van der Waals surface area contributed by atoms with E-state index in [0.29, 0.717) is 23.3 Å². The molecule has 0 aliphatic carbocycles. The predicted molar refractivity (Wildman–Crippen MR) is 75.3 cm³/mol. The van der Waals surface area contributed by atoms with Gasteiger partial charge in [-0.15, -0.1) is 5.10 Å². The maximum Gasteiger partial charge on any atom is 0.254 e. The number of amides is 1. The lowest BCUT2D eigenvalue weighted by molar-refractivity contribution is 0.0951. The third-order valence-corrected chi connectivity index (χ3v) is 3.56. The van der Waals surface area contributed by atoms with Crippen molar-refractivity contribution >= 4 is 17.7 Å². The average Bonchev–Trinajstić information content (AvgIpc) is 2.86. The molecule has 1 aromatic heterocycles. The third kappa shape index (κ3) is 3.78. The fourth-order valence-electron chi connectivity index (χ4n) is 1.61. The molecule has 0 spiro atoms. The predicted octanol–water partition coefficient (Wildman–Crippen LogP) is 2.22. The number of aryl methyl sites for hydroxylation is 2. The number of nitrogens with zero attached hydrogens (tertiary/aromatic N) is 2. The van der Waals surface area contributed by atoms with Gasteiger partial charge in [-0.3, -0.25) is 9.89 Å². The Labute approximate surface area is 124 Å². The summed E-state index contributed by atoms with van der Waals surface area (Å²) >= 11 is 1.35. The van der Waals surface area contributed by atoms with Crippen molar-refractivity contribution in [3.05, 3.63) is 40.7 Å². The topological polar surface area (TPSA) is 70.7 Å². The molecule has 0 radical (unpaired) electrons. The highest BCUT2D eigenvalue weighted by atomic mass is 32.2. The average molecular weight is 312 g/mol. The molecule has 2 N–H and O–H groups in total. The number of aromatic amines is 1. The number of hydrogen-bond acceptors (Lipinski definition) is 4. The second-order valence-corrected chi connectivity index (χ2v) is 5.43. The van der Waals surface area contributed by atoms with Gasteiger partial charge in [0.2, 0.25) is 5.16 Å². The molecule has 0 saturated heterocycles. The smallest absolute Gasteiger partial charge is 0.254 e. The fourth-order valence-corrected chi connectivity index (χ4v) is 2.31. The van der Waals surface area contributed by atoms with Gasteiger partial charge in [0.25, 0.3) is 5.91 Å². The zero-order valence-corrected chi connectivity index (χ0v) is 12.4. The Kier molecular flexibility index (Phi) is 4.89. The number of nitrogens with one attached hydrogen (secondary N) is 2. The first-order chi connectivity index (χ1) is 9.99. The SMILES string of the molecule is Cc1nc(SCCNC(=O)c2ccc(C)c(F)c2F)n[nH]1. The van der Waals surface area contributed by atoms with E-state index < -0.39 is 17.5 Å². The van der Waals surface area contributed by atoms with Crippen LogP contribution in [0.15, 0.2) is 17.3 Å². The number of carbonyl (C=O) groups excluding carboxylic acids is 1. The van der Waals surface area contributed by atoms with Crippen LogP contribution in [0.1, 0.15) is 21.7 Å². The van der Waals surface area contributed by atoms with Gasteiger partial charge in [-0.25, -0.2) is 13.8 Å². The van der Waals surface area contributed by atoms with Crippen LogP contribution < -0.4 is 5.32 Å². The van der Waals surface area contributed by atoms with Gasteiger partial charge in [0, 0.05) is 12.3 Å². The molecule has 0 unspecified atom stereocenters. The number of H-pyrrole nitrogens is 1. The Balaban J connectivity index is 1.86. The lowest BCUT2D eigenvalue weighted by atomic mass is 10.1. The van der Waals surface area contributed by atoms with E-state index in [1.54, 1.807) is 6.92 Å². The van der Waals surface area contributed by atoms with E-state index >= 15 is 0 Å². The van der Waals surface area contributed by atoms with Gasteiger partial charge in [0.15, 0.2) is 11.6 Å². The van der Waals surface area contributed by atoms with Gasteiger partial charge in [0.1, 0.15) is 5.82 Å². The lowest BCUT2D eigenvalue weighted by Gasteiger charge is -2.07. The van der Waals surface area contributed by atoms with Crippen LogP contribution in [0.3, 0.4) is 0 Å². The Hall–Kier alpha value is -1.96. The van der Waals surface area contributed by atoms with Gasteiger partial charge in [0.05, 0.1) is 5.56 Å². The molecular weight excluding hydrogens is 298 g/mol. The molecule has 0 aliphatic heterocycles. The van der Waals surface area contributed by atoms with Crippen molar-refractivity contribution < 1.29 is 13.6 Å². The van der Waals surface area contributed by atoms with Crippen LogP contribution in [0.5, 0.6) is 0 Å². The second kappa shape index (κ2) is 6.66. The summed E-state index contributed by atoms with van der Waals surface area (Å²) in [7, 11) is 0. The van der Waals surface area contributed by atoms with Crippen LogP contribution in [0.4, 0.5) is 8.78 Å². The molecule has 0 atom stereocenters. The number of aromatic nitrogens is 3. The molecule has 1 aromatic carbocycles. The number of rotatable bonds is 5. The monoisotopic (exact) mass is 312 g/mol. The number of benzene rings is 1. The molecule has 1 heterocycles. The Morgan fingerprint density at radius 1 is 1.33 bits per heavy atom. The van der Waals surface area contributed by atoms with E-state index in [0.717, 1.165) is 0 Å². The first-order valence-electron chi connectivity index (χ1n) is 6.23. The van der Waals surface area contributed by atoms with Gasteiger partial charge in [-0.1, -0.05) is 17.8 Å². The molecule has 0 bridgehead atoms. The molecule has 0 saturated carbocycles. The summed E-state index contributed by atoms with van der Waals surface area (Å²) in [6, 6.07) is 2.65. The minimum absolute atomic E-state index is 0.166. The molecule has 0 fully saturated rings. The Bertz CT molecular complexity index is 660. The standard InChI is InChI=1S/C13H14F2N4OS/c1-7-3-4-9(11(15)10(7)14)12(20)16-5-6-21-13-17-8(2)18-19-13/h3-4H,5-6H2,1-2H3,(H,16,20)(H,17,18,19). The summed E-state index contributed by atoms with van der Waals surface area (Å²) in [6.07, 6.45) is 0. The summed E-state index contributed by atoms with van der Waals surface area (Å²) in [6.45, 7) is 3.52. The molecule has 112 valence electrons. The van der Waals surface area contributed by atoms with Crippen molar-refractivity contribution in [2.75, 3.05) is 12.3 Å². The molecule has 2 aromatic rings. The summed E-state index contributed by atoms with van der Waals surface area (Å²) in [5.74, 6) is -1.52. The van der Waals surface area contributed by atoms with Crippen molar-refractivity contribution in [2.24, 2.45) is 0 Å². The quantitative estimate of drug-likeness (QED) is 0.656. The Morgan fingerprint density at radius 2 is 2.10 bits per heavy atom. The zero-order valence-electron chi connectivity index (χ0n) is 11.5. The van der Waals surface area contributed by atoms with Crippen LogP contribution in [-0.2, 0) is 0 Å². The minimum Gasteiger partial charge on any atom is -0.351 e. The third-order valence-electron chi connectivity index (χ3n) is 2.72. The molecule has 1 amide bonds. The van der Waals surface area contributed by atoms with Crippen molar-refractivity contribution in [3.63, 3.8) is 0 Å². The molecule has 5 nitrogen and oxygen atoms in total. The first kappa shape index (κ1) is 15.4. The zero-order chi connectivity index (χ0) is 15.4. The van der Waals surface area contributed by atoms with Crippen molar-refractivity contribution in [3.8, 4) is 0 Å². The number of halogens is 2. The largest absolute Gasteiger partial charge is 0.351 e. The highest BCUT2D eigenvalue weighted by molar-refractivity contribution is 7.99. The van der Waals surface area contributed by atoms with Crippen molar-refractivity contribution in [1.29, 1.82) is 0 Å². The van der Waals surface area contributed by atoms with Crippen LogP contribution in [0, 0.1) is 25.5 Å². The van der Waals surface area contributed by atoms with Crippen LogP contribution in [0.2, 0.25) is 0 Å². The van der Waals surface area contributed by atoms with E-state index in [1.165, 1.54) is 30.8 Å². The van der Waals surface area contributed by atoms with Crippen LogP contribution >= 0.6 is 11.8 Å². The lowest BCUT2D eigenvalue weighted by Crippen LogP contribution is -2.27. The van der Waals surface area contributed by atoms with Gasteiger partial charge in [-0.2, -0.15) is 0 Å². The van der Waals surface area contributed by atoms with Crippen LogP contribution in [0.25, 0.3) is 0 Å². The van der Waals surface area contributed by atoms with E-state index in [1.807, 2.05) is 0 Å². The molecule has 21 heavy (non-hydrogen) atoms. The second-order valence-electron chi connectivity index (χ2n) is 4.37.